The van der Waals surface area contributed by atoms with Crippen molar-refractivity contribution in [1.29, 1.82) is 0 Å². The highest BCUT2D eigenvalue weighted by molar-refractivity contribution is 7.11. The molecular formula is C19H22ClN3O3S. The molecule has 0 unspecified atom stereocenters. The number of oxime groups is 1. The number of rotatable bonds is 5. The average molecular weight is 408 g/mol. The number of carbonyl (C=O) groups is 2. The van der Waals surface area contributed by atoms with Crippen molar-refractivity contribution in [1.82, 2.24) is 4.37 Å². The predicted octanol–water partition coefficient (Wildman–Crippen LogP) is 4.60. The number of amides is 1. The number of aryl methyl sites for hydroxylation is 1. The van der Waals surface area contributed by atoms with Crippen LogP contribution >= 0.6 is 23.1 Å². The van der Waals surface area contributed by atoms with Crippen molar-refractivity contribution in [3.05, 3.63) is 46.1 Å². The Morgan fingerprint density at radius 1 is 1.26 bits per heavy atom. The highest BCUT2D eigenvalue weighted by Gasteiger charge is 2.23. The standard InChI is InChI=1S/C19H22ClN3O3S/c1-11(22-26-18(25)19(3,4)5)14-8-6-13(7-9-14)10-15(24)21-17-16(20)12(2)23-27-17/h6-9H,10H2,1-5H3,(H,21,24)/b22-11+. The van der Waals surface area contributed by atoms with Gasteiger partial charge in [0, 0.05) is 0 Å². The number of aromatic nitrogens is 1. The van der Waals surface area contributed by atoms with E-state index in [1.807, 2.05) is 24.3 Å². The summed E-state index contributed by atoms with van der Waals surface area (Å²) in [5.41, 5.74) is 2.31. The van der Waals surface area contributed by atoms with Gasteiger partial charge in [-0.25, -0.2) is 4.79 Å². The normalized spacial score (nSPS) is 12.0. The Balaban J connectivity index is 1.97. The van der Waals surface area contributed by atoms with Crippen LogP contribution in [-0.4, -0.2) is 22.0 Å². The van der Waals surface area contributed by atoms with Crippen molar-refractivity contribution in [3.63, 3.8) is 0 Å². The fraction of sp³-hybridized carbons (Fsp3) is 0.368. The molecule has 8 heteroatoms. The fourth-order valence-corrected chi connectivity index (χ4v) is 2.91. The number of halogens is 1. The van der Waals surface area contributed by atoms with E-state index in [0.717, 1.165) is 22.7 Å². The molecule has 0 saturated carbocycles. The molecule has 0 aliphatic heterocycles. The van der Waals surface area contributed by atoms with Crippen LogP contribution in [0.3, 0.4) is 0 Å². The first kappa shape index (κ1) is 21.1. The summed E-state index contributed by atoms with van der Waals surface area (Å²) in [4.78, 5) is 28.9. The quantitative estimate of drug-likeness (QED) is 0.446. The molecule has 144 valence electrons. The lowest BCUT2D eigenvalue weighted by molar-refractivity contribution is -0.152. The Morgan fingerprint density at radius 2 is 1.89 bits per heavy atom. The van der Waals surface area contributed by atoms with Crippen molar-refractivity contribution in [2.24, 2.45) is 10.6 Å². The summed E-state index contributed by atoms with van der Waals surface area (Å²) in [5.74, 6) is -0.565. The van der Waals surface area contributed by atoms with E-state index in [4.69, 9.17) is 16.4 Å². The summed E-state index contributed by atoms with van der Waals surface area (Å²) < 4.78 is 4.10. The molecule has 0 spiro atoms. The van der Waals surface area contributed by atoms with Gasteiger partial charge >= 0.3 is 5.97 Å². The first-order valence-corrected chi connectivity index (χ1v) is 9.50. The molecule has 0 bridgehead atoms. The smallest absolute Gasteiger partial charge is 0.317 e. The Morgan fingerprint density at radius 3 is 2.41 bits per heavy atom. The molecule has 1 aromatic heterocycles. The first-order chi connectivity index (χ1) is 12.6. The molecule has 0 atom stereocenters. The van der Waals surface area contributed by atoms with Crippen LogP contribution < -0.4 is 5.32 Å². The van der Waals surface area contributed by atoms with E-state index in [9.17, 15) is 9.59 Å². The monoisotopic (exact) mass is 407 g/mol. The summed E-state index contributed by atoms with van der Waals surface area (Å²) in [5, 5.41) is 7.68. The molecule has 27 heavy (non-hydrogen) atoms. The first-order valence-electron chi connectivity index (χ1n) is 8.35. The second-order valence-electron chi connectivity index (χ2n) is 7.14. The van der Waals surface area contributed by atoms with Crippen LogP contribution in [-0.2, 0) is 20.8 Å². The Labute approximate surface area is 167 Å². The van der Waals surface area contributed by atoms with Crippen LogP contribution in [0.25, 0.3) is 0 Å². The van der Waals surface area contributed by atoms with E-state index in [0.29, 0.717) is 21.4 Å². The Bertz CT molecular complexity index is 867. The predicted molar refractivity (Wildman–Crippen MR) is 108 cm³/mol. The third-order valence-corrected chi connectivity index (χ3v) is 5.09. The van der Waals surface area contributed by atoms with Crippen molar-refractivity contribution < 1.29 is 14.4 Å². The zero-order chi connectivity index (χ0) is 20.2. The van der Waals surface area contributed by atoms with Gasteiger partial charge < -0.3 is 10.2 Å². The van der Waals surface area contributed by atoms with E-state index in [-0.39, 0.29) is 12.3 Å². The van der Waals surface area contributed by atoms with E-state index < -0.39 is 11.4 Å². The summed E-state index contributed by atoms with van der Waals surface area (Å²) >= 11 is 7.24. The highest BCUT2D eigenvalue weighted by atomic mass is 35.5. The maximum Gasteiger partial charge on any atom is 0.340 e. The average Bonchev–Trinajstić information content (AvgIpc) is 2.91. The van der Waals surface area contributed by atoms with Gasteiger partial charge in [-0.15, -0.1) is 0 Å². The fourth-order valence-electron chi connectivity index (χ4n) is 1.96. The topological polar surface area (TPSA) is 80.6 Å². The zero-order valence-electron chi connectivity index (χ0n) is 15.9. The molecule has 2 aromatic rings. The van der Waals surface area contributed by atoms with E-state index >= 15 is 0 Å². The lowest BCUT2D eigenvalue weighted by Gasteiger charge is -2.13. The van der Waals surface area contributed by atoms with Crippen LogP contribution in [0.4, 0.5) is 5.00 Å². The molecule has 1 amide bonds. The lowest BCUT2D eigenvalue weighted by Crippen LogP contribution is -2.21. The van der Waals surface area contributed by atoms with Crippen LogP contribution in [0.15, 0.2) is 29.4 Å². The van der Waals surface area contributed by atoms with E-state index in [1.54, 1.807) is 34.6 Å². The lowest BCUT2D eigenvalue weighted by atomic mass is 9.98. The van der Waals surface area contributed by atoms with Crippen molar-refractivity contribution >= 4 is 45.7 Å². The number of hydrogen-bond acceptors (Lipinski definition) is 6. The largest absolute Gasteiger partial charge is 0.340 e. The molecule has 1 aromatic carbocycles. The second kappa shape index (κ2) is 8.63. The van der Waals surface area contributed by atoms with Gasteiger partial charge in [0.05, 0.1) is 28.3 Å². The van der Waals surface area contributed by atoms with Gasteiger partial charge in [-0.1, -0.05) is 41.0 Å². The van der Waals surface area contributed by atoms with Gasteiger partial charge in [-0.05, 0) is 57.3 Å². The zero-order valence-corrected chi connectivity index (χ0v) is 17.5. The third-order valence-electron chi connectivity index (χ3n) is 3.66. The van der Waals surface area contributed by atoms with Crippen LogP contribution in [0.2, 0.25) is 5.02 Å². The molecule has 0 aliphatic rings. The number of carbonyl (C=O) groups excluding carboxylic acids is 2. The summed E-state index contributed by atoms with van der Waals surface area (Å²) in [6.45, 7) is 8.84. The highest BCUT2D eigenvalue weighted by Crippen LogP contribution is 2.29. The molecule has 0 radical (unpaired) electrons. The van der Waals surface area contributed by atoms with E-state index in [2.05, 4.69) is 14.8 Å². The van der Waals surface area contributed by atoms with E-state index in [1.165, 1.54) is 0 Å². The molecule has 0 fully saturated rings. The van der Waals surface area contributed by atoms with Gasteiger partial charge in [-0.3, -0.25) is 4.79 Å². The van der Waals surface area contributed by atoms with Crippen LogP contribution in [0.5, 0.6) is 0 Å². The molecule has 6 nitrogen and oxygen atoms in total. The molecule has 1 heterocycles. The number of benzene rings is 1. The maximum absolute atomic E-state index is 12.2. The van der Waals surface area contributed by atoms with Crippen molar-refractivity contribution in [3.8, 4) is 0 Å². The molecule has 2 rings (SSSR count). The summed E-state index contributed by atoms with van der Waals surface area (Å²) in [6, 6.07) is 7.32. The third kappa shape index (κ3) is 5.87. The SMILES string of the molecule is C/C(=N\OC(=O)C(C)(C)C)c1ccc(CC(=O)Nc2snc(C)c2Cl)cc1. The van der Waals surface area contributed by atoms with Gasteiger partial charge in [0.2, 0.25) is 5.91 Å². The number of nitrogens with zero attached hydrogens (tertiary/aromatic N) is 2. The van der Waals surface area contributed by atoms with Gasteiger partial charge in [0.1, 0.15) is 5.00 Å². The Kier molecular flexibility index (Phi) is 6.73. The molecule has 0 saturated heterocycles. The summed E-state index contributed by atoms with van der Waals surface area (Å²) in [7, 11) is 0. The number of hydrogen-bond donors (Lipinski definition) is 1. The van der Waals surface area contributed by atoms with Gasteiger partial charge in [-0.2, -0.15) is 4.37 Å². The van der Waals surface area contributed by atoms with Crippen LogP contribution in [0.1, 0.15) is 44.5 Å². The molecule has 0 aliphatic carbocycles. The van der Waals surface area contributed by atoms with Crippen LogP contribution in [0, 0.1) is 12.3 Å². The van der Waals surface area contributed by atoms with Crippen molar-refractivity contribution in [2.75, 3.05) is 5.32 Å². The van der Waals surface area contributed by atoms with Crippen molar-refractivity contribution in [2.45, 2.75) is 41.0 Å². The number of nitrogens with one attached hydrogen (secondary N) is 1. The summed E-state index contributed by atoms with van der Waals surface area (Å²) in [6.07, 6.45) is 0.211. The minimum Gasteiger partial charge on any atom is -0.317 e. The second-order valence-corrected chi connectivity index (χ2v) is 8.29. The minimum atomic E-state index is -0.611. The molecular weight excluding hydrogens is 386 g/mol. The Hall–Kier alpha value is -2.25. The minimum absolute atomic E-state index is 0.169. The van der Waals surface area contributed by atoms with Gasteiger partial charge in [0.25, 0.3) is 0 Å². The number of anilines is 1. The molecule has 1 N–H and O–H groups in total. The van der Waals surface area contributed by atoms with Gasteiger partial charge in [0.15, 0.2) is 0 Å². The maximum atomic E-state index is 12.2.